The van der Waals surface area contributed by atoms with Crippen LogP contribution in [0.1, 0.15) is 15.2 Å². The summed E-state index contributed by atoms with van der Waals surface area (Å²) in [5, 5.41) is 7.96. The topological polar surface area (TPSA) is 72.9 Å². The fourth-order valence-electron chi connectivity index (χ4n) is 2.24. The van der Waals surface area contributed by atoms with Gasteiger partial charge in [0.05, 0.1) is 11.9 Å². The number of aromatic nitrogens is 2. The quantitative estimate of drug-likeness (QED) is 0.775. The Hall–Kier alpha value is -2.34. The van der Waals surface area contributed by atoms with E-state index in [-0.39, 0.29) is 5.91 Å². The number of benzene rings is 1. The van der Waals surface area contributed by atoms with Crippen molar-refractivity contribution in [3.8, 4) is 0 Å². The molecule has 21 heavy (non-hydrogen) atoms. The molecule has 2 heterocycles. The van der Waals surface area contributed by atoms with Crippen molar-refractivity contribution in [3.05, 3.63) is 47.1 Å². The Bertz CT molecular complexity index is 790. The summed E-state index contributed by atoms with van der Waals surface area (Å²) in [5.41, 5.74) is 7.73. The Kier molecular flexibility index (Phi) is 3.62. The highest BCUT2D eigenvalue weighted by molar-refractivity contribution is 7.21. The molecule has 5 nitrogen and oxygen atoms in total. The minimum atomic E-state index is -0.113. The number of anilines is 1. The molecule has 3 N–H and O–H groups in total. The zero-order valence-electron chi connectivity index (χ0n) is 11.7. The molecule has 1 amide bonds. The van der Waals surface area contributed by atoms with Crippen LogP contribution in [0.25, 0.3) is 10.1 Å². The maximum absolute atomic E-state index is 12.2. The summed E-state index contributed by atoms with van der Waals surface area (Å²) in [6, 6.07) is 7.79. The van der Waals surface area contributed by atoms with Gasteiger partial charge in [0, 0.05) is 29.9 Å². The number of nitrogens with one attached hydrogen (secondary N) is 1. The Morgan fingerprint density at radius 2 is 2.24 bits per heavy atom. The van der Waals surface area contributed by atoms with Crippen molar-refractivity contribution in [1.82, 2.24) is 15.1 Å². The van der Waals surface area contributed by atoms with Crippen molar-refractivity contribution in [2.75, 3.05) is 12.3 Å². The smallest absolute Gasteiger partial charge is 0.263 e. The fourth-order valence-corrected chi connectivity index (χ4v) is 3.27. The van der Waals surface area contributed by atoms with Gasteiger partial charge in [0.25, 0.3) is 5.91 Å². The Labute approximate surface area is 126 Å². The van der Waals surface area contributed by atoms with Crippen LogP contribution in [0.2, 0.25) is 0 Å². The second-order valence-corrected chi connectivity index (χ2v) is 5.92. The maximum atomic E-state index is 12.2. The molecule has 0 aliphatic heterocycles. The standard InChI is InChI=1S/C15H16N4OS/c1-19-9-10(8-18-19)6-7-17-15(20)14-13(16)11-4-2-3-5-12(11)21-14/h2-5,8-9H,6-7,16H2,1H3,(H,17,20). The van der Waals surface area contributed by atoms with E-state index in [0.717, 1.165) is 22.1 Å². The number of rotatable bonds is 4. The molecule has 108 valence electrons. The van der Waals surface area contributed by atoms with Crippen LogP contribution in [0.3, 0.4) is 0 Å². The van der Waals surface area contributed by atoms with Crippen molar-refractivity contribution < 1.29 is 4.79 Å². The van der Waals surface area contributed by atoms with Crippen LogP contribution in [0.5, 0.6) is 0 Å². The largest absolute Gasteiger partial charge is 0.397 e. The molecule has 0 saturated carbocycles. The zero-order valence-corrected chi connectivity index (χ0v) is 12.5. The van der Waals surface area contributed by atoms with E-state index in [9.17, 15) is 4.79 Å². The first kappa shape index (κ1) is 13.6. The fraction of sp³-hybridized carbons (Fsp3) is 0.200. The number of fused-ring (bicyclic) bond motifs is 1. The molecule has 0 unspecified atom stereocenters. The lowest BCUT2D eigenvalue weighted by molar-refractivity contribution is 0.0959. The summed E-state index contributed by atoms with van der Waals surface area (Å²) >= 11 is 1.43. The number of hydrogen-bond acceptors (Lipinski definition) is 4. The molecule has 0 atom stereocenters. The molecule has 0 saturated heterocycles. The van der Waals surface area contributed by atoms with Crippen molar-refractivity contribution >= 4 is 33.0 Å². The molecule has 0 aliphatic rings. The molecule has 0 bridgehead atoms. The summed E-state index contributed by atoms with van der Waals surface area (Å²) in [6.45, 7) is 0.568. The lowest BCUT2D eigenvalue weighted by atomic mass is 10.2. The van der Waals surface area contributed by atoms with E-state index in [1.165, 1.54) is 11.3 Å². The van der Waals surface area contributed by atoms with Gasteiger partial charge < -0.3 is 11.1 Å². The summed E-state index contributed by atoms with van der Waals surface area (Å²) in [4.78, 5) is 12.8. The van der Waals surface area contributed by atoms with Gasteiger partial charge in [-0.25, -0.2) is 0 Å². The number of carbonyl (C=O) groups excluding carboxylic acids is 1. The van der Waals surface area contributed by atoms with Gasteiger partial charge in [-0.15, -0.1) is 11.3 Å². The number of amides is 1. The van der Waals surface area contributed by atoms with Gasteiger partial charge in [-0.1, -0.05) is 18.2 Å². The first-order valence-corrected chi connectivity index (χ1v) is 7.49. The normalized spacial score (nSPS) is 10.9. The number of hydrogen-bond donors (Lipinski definition) is 2. The van der Waals surface area contributed by atoms with Gasteiger partial charge in [0.1, 0.15) is 4.88 Å². The third-order valence-electron chi connectivity index (χ3n) is 3.30. The van der Waals surface area contributed by atoms with Gasteiger partial charge >= 0.3 is 0 Å². The number of nitrogens with two attached hydrogens (primary N) is 1. The van der Waals surface area contributed by atoms with Crippen LogP contribution in [0.15, 0.2) is 36.7 Å². The molecule has 3 rings (SSSR count). The first-order chi connectivity index (χ1) is 10.1. The highest BCUT2D eigenvalue weighted by Crippen LogP contribution is 2.33. The number of nitrogen functional groups attached to an aromatic ring is 1. The van der Waals surface area contributed by atoms with Crippen LogP contribution in [-0.2, 0) is 13.5 Å². The molecule has 0 aliphatic carbocycles. The molecule has 0 radical (unpaired) electrons. The number of nitrogens with zero attached hydrogens (tertiary/aromatic N) is 2. The summed E-state index contributed by atoms with van der Waals surface area (Å²) in [7, 11) is 1.87. The van der Waals surface area contributed by atoms with Crippen molar-refractivity contribution in [2.24, 2.45) is 7.05 Å². The minimum Gasteiger partial charge on any atom is -0.397 e. The lowest BCUT2D eigenvalue weighted by Gasteiger charge is -2.03. The molecule has 3 aromatic rings. The van der Waals surface area contributed by atoms with Crippen LogP contribution < -0.4 is 11.1 Å². The van der Waals surface area contributed by atoms with Crippen LogP contribution in [0.4, 0.5) is 5.69 Å². The lowest BCUT2D eigenvalue weighted by Crippen LogP contribution is -2.25. The molecule has 1 aromatic carbocycles. The predicted octanol–water partition coefficient (Wildman–Crippen LogP) is 2.19. The Morgan fingerprint density at radius 1 is 1.43 bits per heavy atom. The van der Waals surface area contributed by atoms with E-state index in [0.29, 0.717) is 17.1 Å². The van der Waals surface area contributed by atoms with E-state index in [4.69, 9.17) is 5.73 Å². The van der Waals surface area contributed by atoms with E-state index < -0.39 is 0 Å². The average molecular weight is 300 g/mol. The number of carbonyl (C=O) groups is 1. The molecule has 6 heteroatoms. The van der Waals surface area contributed by atoms with Crippen LogP contribution in [0, 0.1) is 0 Å². The summed E-state index contributed by atoms with van der Waals surface area (Å²) in [5.74, 6) is -0.113. The highest BCUT2D eigenvalue weighted by Gasteiger charge is 2.15. The summed E-state index contributed by atoms with van der Waals surface area (Å²) in [6.07, 6.45) is 4.50. The van der Waals surface area contributed by atoms with E-state index >= 15 is 0 Å². The first-order valence-electron chi connectivity index (χ1n) is 6.68. The second kappa shape index (κ2) is 5.57. The van der Waals surface area contributed by atoms with Crippen LogP contribution >= 0.6 is 11.3 Å². The second-order valence-electron chi connectivity index (χ2n) is 4.87. The van der Waals surface area contributed by atoms with Gasteiger partial charge in [0.15, 0.2) is 0 Å². The summed E-state index contributed by atoms with van der Waals surface area (Å²) < 4.78 is 2.79. The zero-order chi connectivity index (χ0) is 14.8. The monoisotopic (exact) mass is 300 g/mol. The van der Waals surface area contributed by atoms with Crippen molar-refractivity contribution in [3.63, 3.8) is 0 Å². The molecule has 0 spiro atoms. The third-order valence-corrected chi connectivity index (χ3v) is 4.48. The van der Waals surface area contributed by atoms with E-state index in [1.807, 2.05) is 37.5 Å². The Balaban J connectivity index is 1.68. The highest BCUT2D eigenvalue weighted by atomic mass is 32.1. The third kappa shape index (κ3) is 2.75. The van der Waals surface area contributed by atoms with Crippen molar-refractivity contribution in [2.45, 2.75) is 6.42 Å². The molecular weight excluding hydrogens is 284 g/mol. The van der Waals surface area contributed by atoms with E-state index in [2.05, 4.69) is 10.4 Å². The molecular formula is C15H16N4OS. The maximum Gasteiger partial charge on any atom is 0.263 e. The molecule has 2 aromatic heterocycles. The van der Waals surface area contributed by atoms with Gasteiger partial charge in [-0.2, -0.15) is 5.10 Å². The SMILES string of the molecule is Cn1cc(CCNC(=O)c2sc3ccccc3c2N)cn1. The van der Waals surface area contributed by atoms with Crippen molar-refractivity contribution in [1.29, 1.82) is 0 Å². The van der Waals surface area contributed by atoms with Gasteiger partial charge in [-0.3, -0.25) is 9.48 Å². The average Bonchev–Trinajstić information content (AvgIpc) is 3.03. The molecule has 0 fully saturated rings. The van der Waals surface area contributed by atoms with Gasteiger partial charge in [-0.05, 0) is 18.1 Å². The number of aryl methyl sites for hydroxylation is 1. The number of thiophene rings is 1. The van der Waals surface area contributed by atoms with Crippen LogP contribution in [-0.4, -0.2) is 22.2 Å². The minimum absolute atomic E-state index is 0.113. The predicted molar refractivity (Wildman–Crippen MR) is 85.5 cm³/mol. The van der Waals surface area contributed by atoms with E-state index in [1.54, 1.807) is 10.9 Å². The Morgan fingerprint density at radius 3 is 2.95 bits per heavy atom. The van der Waals surface area contributed by atoms with Gasteiger partial charge in [0.2, 0.25) is 0 Å².